The Balaban J connectivity index is 1.90. The molecule has 0 amide bonds. The fourth-order valence-electron chi connectivity index (χ4n) is 2.13. The number of ether oxygens (including phenoxy) is 1. The zero-order chi connectivity index (χ0) is 14.4. The summed E-state index contributed by atoms with van der Waals surface area (Å²) in [6.07, 6.45) is 1.12. The number of aromatic nitrogens is 1. The second-order valence-corrected chi connectivity index (χ2v) is 5.55. The van der Waals surface area contributed by atoms with E-state index in [-0.39, 0.29) is 0 Å². The Morgan fingerprint density at radius 2 is 2.00 bits per heavy atom. The molecule has 1 aromatic heterocycles. The SMILES string of the molecule is Cc1cc(NCCOCCC(C)C)c2ccccc2n1. The smallest absolute Gasteiger partial charge is 0.0725 e. The van der Waals surface area contributed by atoms with Crippen molar-refractivity contribution in [2.75, 3.05) is 25.1 Å². The Morgan fingerprint density at radius 1 is 1.20 bits per heavy atom. The number of pyridine rings is 1. The van der Waals surface area contributed by atoms with Crippen LogP contribution in [0.1, 0.15) is 26.0 Å². The van der Waals surface area contributed by atoms with Crippen molar-refractivity contribution in [2.45, 2.75) is 27.2 Å². The molecule has 20 heavy (non-hydrogen) atoms. The second-order valence-electron chi connectivity index (χ2n) is 5.55. The highest BCUT2D eigenvalue weighted by Gasteiger charge is 2.02. The standard InChI is InChI=1S/C17H24N2O/c1-13(2)8-10-20-11-9-18-17-12-14(3)19-16-7-5-4-6-15(16)17/h4-7,12-13H,8-11H2,1-3H3,(H,18,19). The van der Waals surface area contributed by atoms with Crippen LogP contribution in [0.25, 0.3) is 10.9 Å². The van der Waals surface area contributed by atoms with E-state index in [0.717, 1.165) is 43.1 Å². The monoisotopic (exact) mass is 272 g/mol. The van der Waals surface area contributed by atoms with E-state index in [1.54, 1.807) is 0 Å². The number of rotatable bonds is 7. The van der Waals surface area contributed by atoms with Crippen molar-refractivity contribution in [2.24, 2.45) is 5.92 Å². The molecule has 0 fully saturated rings. The summed E-state index contributed by atoms with van der Waals surface area (Å²) in [5.74, 6) is 0.703. The van der Waals surface area contributed by atoms with Gasteiger partial charge in [-0.3, -0.25) is 4.98 Å². The van der Waals surface area contributed by atoms with Crippen LogP contribution >= 0.6 is 0 Å². The van der Waals surface area contributed by atoms with Crippen LogP contribution in [-0.2, 0) is 4.74 Å². The quantitative estimate of drug-likeness (QED) is 0.773. The highest BCUT2D eigenvalue weighted by atomic mass is 16.5. The maximum Gasteiger partial charge on any atom is 0.0725 e. The number of hydrogen-bond donors (Lipinski definition) is 1. The van der Waals surface area contributed by atoms with E-state index in [1.807, 2.05) is 25.1 Å². The van der Waals surface area contributed by atoms with Crippen molar-refractivity contribution in [3.63, 3.8) is 0 Å². The van der Waals surface area contributed by atoms with Gasteiger partial charge in [0, 0.05) is 29.9 Å². The topological polar surface area (TPSA) is 34.1 Å². The summed E-state index contributed by atoms with van der Waals surface area (Å²) in [5.41, 5.74) is 3.21. The first-order chi connectivity index (χ1) is 9.66. The van der Waals surface area contributed by atoms with Crippen LogP contribution in [0.15, 0.2) is 30.3 Å². The van der Waals surface area contributed by atoms with Gasteiger partial charge in [-0.05, 0) is 31.4 Å². The number of para-hydroxylation sites is 1. The van der Waals surface area contributed by atoms with E-state index in [0.29, 0.717) is 5.92 Å². The van der Waals surface area contributed by atoms with Crippen LogP contribution in [0.2, 0.25) is 0 Å². The highest BCUT2D eigenvalue weighted by Crippen LogP contribution is 2.22. The normalized spacial score (nSPS) is 11.2. The first-order valence-corrected chi connectivity index (χ1v) is 7.35. The third-order valence-electron chi connectivity index (χ3n) is 3.25. The minimum absolute atomic E-state index is 0.703. The predicted octanol–water partition coefficient (Wildman–Crippen LogP) is 4.02. The summed E-state index contributed by atoms with van der Waals surface area (Å²) in [5, 5.41) is 4.62. The lowest BCUT2D eigenvalue weighted by atomic mass is 10.1. The largest absolute Gasteiger partial charge is 0.382 e. The highest BCUT2D eigenvalue weighted by molar-refractivity contribution is 5.91. The predicted molar refractivity (Wildman–Crippen MR) is 85.2 cm³/mol. The van der Waals surface area contributed by atoms with Crippen LogP contribution in [0.3, 0.4) is 0 Å². The zero-order valence-electron chi connectivity index (χ0n) is 12.6. The number of nitrogens with one attached hydrogen (secondary N) is 1. The third-order valence-corrected chi connectivity index (χ3v) is 3.25. The summed E-state index contributed by atoms with van der Waals surface area (Å²) in [6.45, 7) is 8.86. The minimum Gasteiger partial charge on any atom is -0.382 e. The molecule has 108 valence electrons. The molecule has 3 heteroatoms. The van der Waals surface area contributed by atoms with Gasteiger partial charge in [0.1, 0.15) is 0 Å². The Bertz CT molecular complexity index is 552. The molecule has 0 unspecified atom stereocenters. The minimum atomic E-state index is 0.703. The molecule has 0 saturated carbocycles. The van der Waals surface area contributed by atoms with E-state index < -0.39 is 0 Å². The van der Waals surface area contributed by atoms with Gasteiger partial charge in [-0.1, -0.05) is 32.0 Å². The summed E-state index contributed by atoms with van der Waals surface area (Å²) >= 11 is 0. The Labute approximate surface area is 121 Å². The van der Waals surface area contributed by atoms with Gasteiger partial charge in [0.05, 0.1) is 12.1 Å². The van der Waals surface area contributed by atoms with Gasteiger partial charge in [0.2, 0.25) is 0 Å². The molecule has 0 radical (unpaired) electrons. The van der Waals surface area contributed by atoms with Crippen molar-refractivity contribution in [3.8, 4) is 0 Å². The van der Waals surface area contributed by atoms with Gasteiger partial charge in [0.15, 0.2) is 0 Å². The second kappa shape index (κ2) is 7.25. The van der Waals surface area contributed by atoms with Crippen molar-refractivity contribution < 1.29 is 4.74 Å². The third kappa shape index (κ3) is 4.20. The number of benzene rings is 1. The van der Waals surface area contributed by atoms with Crippen LogP contribution in [-0.4, -0.2) is 24.7 Å². The maximum atomic E-state index is 5.63. The average Bonchev–Trinajstić information content (AvgIpc) is 2.42. The molecule has 2 aromatic rings. The molecule has 1 heterocycles. The lowest BCUT2D eigenvalue weighted by molar-refractivity contribution is 0.133. The Morgan fingerprint density at radius 3 is 2.80 bits per heavy atom. The number of anilines is 1. The molecule has 0 atom stereocenters. The molecule has 0 saturated heterocycles. The number of fused-ring (bicyclic) bond motifs is 1. The average molecular weight is 272 g/mol. The van der Waals surface area contributed by atoms with E-state index in [9.17, 15) is 0 Å². The molecule has 3 nitrogen and oxygen atoms in total. The van der Waals surface area contributed by atoms with Crippen molar-refractivity contribution in [1.29, 1.82) is 0 Å². The van der Waals surface area contributed by atoms with E-state index in [4.69, 9.17) is 4.74 Å². The van der Waals surface area contributed by atoms with Crippen LogP contribution in [0, 0.1) is 12.8 Å². The molecule has 0 aliphatic heterocycles. The van der Waals surface area contributed by atoms with Crippen molar-refractivity contribution >= 4 is 16.6 Å². The first-order valence-electron chi connectivity index (χ1n) is 7.35. The lowest BCUT2D eigenvalue weighted by Crippen LogP contribution is -2.11. The molecule has 1 aromatic carbocycles. The number of aryl methyl sites for hydroxylation is 1. The van der Waals surface area contributed by atoms with Crippen LogP contribution in [0.5, 0.6) is 0 Å². The number of hydrogen-bond acceptors (Lipinski definition) is 3. The van der Waals surface area contributed by atoms with E-state index in [1.165, 1.54) is 5.39 Å². The fraction of sp³-hybridized carbons (Fsp3) is 0.471. The summed E-state index contributed by atoms with van der Waals surface area (Å²) in [4.78, 5) is 4.54. The van der Waals surface area contributed by atoms with E-state index in [2.05, 4.69) is 36.3 Å². The van der Waals surface area contributed by atoms with Gasteiger partial charge in [-0.15, -0.1) is 0 Å². The molecule has 0 aliphatic rings. The van der Waals surface area contributed by atoms with E-state index >= 15 is 0 Å². The van der Waals surface area contributed by atoms with Gasteiger partial charge in [0.25, 0.3) is 0 Å². The van der Waals surface area contributed by atoms with Crippen LogP contribution in [0.4, 0.5) is 5.69 Å². The number of nitrogens with zero attached hydrogens (tertiary/aromatic N) is 1. The molecule has 1 N–H and O–H groups in total. The van der Waals surface area contributed by atoms with Crippen molar-refractivity contribution in [3.05, 3.63) is 36.0 Å². The summed E-state index contributed by atoms with van der Waals surface area (Å²) < 4.78 is 5.63. The molecule has 2 rings (SSSR count). The Kier molecular flexibility index (Phi) is 5.36. The molecule has 0 bridgehead atoms. The Hall–Kier alpha value is -1.61. The van der Waals surface area contributed by atoms with Gasteiger partial charge < -0.3 is 10.1 Å². The molecule has 0 spiro atoms. The van der Waals surface area contributed by atoms with Crippen molar-refractivity contribution in [1.82, 2.24) is 4.98 Å². The maximum absolute atomic E-state index is 5.63. The van der Waals surface area contributed by atoms with Gasteiger partial charge >= 0.3 is 0 Å². The lowest BCUT2D eigenvalue weighted by Gasteiger charge is -2.11. The van der Waals surface area contributed by atoms with Gasteiger partial charge in [-0.2, -0.15) is 0 Å². The summed E-state index contributed by atoms with van der Waals surface area (Å²) in [7, 11) is 0. The van der Waals surface area contributed by atoms with Crippen LogP contribution < -0.4 is 5.32 Å². The molecular formula is C17H24N2O. The molecule has 0 aliphatic carbocycles. The zero-order valence-corrected chi connectivity index (χ0v) is 12.6. The first kappa shape index (κ1) is 14.8. The molecular weight excluding hydrogens is 248 g/mol. The summed E-state index contributed by atoms with van der Waals surface area (Å²) in [6, 6.07) is 10.3. The fourth-order valence-corrected chi connectivity index (χ4v) is 2.13. The van der Waals surface area contributed by atoms with Gasteiger partial charge in [-0.25, -0.2) is 0 Å².